The molecule has 0 aromatic heterocycles. The second-order valence-electron chi connectivity index (χ2n) is 6.96. The molecule has 0 spiro atoms. The van der Waals surface area contributed by atoms with Gasteiger partial charge >= 0.3 is 0 Å². The van der Waals surface area contributed by atoms with Gasteiger partial charge in [0.1, 0.15) is 0 Å². The molecule has 8 nitrogen and oxygen atoms in total. The predicted molar refractivity (Wildman–Crippen MR) is 114 cm³/mol. The van der Waals surface area contributed by atoms with Gasteiger partial charge in [-0.2, -0.15) is 4.31 Å². The summed E-state index contributed by atoms with van der Waals surface area (Å²) in [5.41, 5.74) is 1.09. The fraction of sp³-hybridized carbons (Fsp3) is 0.350. The normalized spacial score (nSPS) is 15.8. The molecular formula is C20H25N3O5S2. The maximum Gasteiger partial charge on any atom is 0.253 e. The van der Waals surface area contributed by atoms with Crippen LogP contribution in [0.5, 0.6) is 0 Å². The van der Waals surface area contributed by atoms with Crippen molar-refractivity contribution < 1.29 is 21.6 Å². The number of nitrogens with one attached hydrogen (secondary N) is 1. The first-order valence-corrected chi connectivity index (χ1v) is 12.7. The molecule has 1 amide bonds. The molecular weight excluding hydrogens is 426 g/mol. The van der Waals surface area contributed by atoms with Crippen molar-refractivity contribution in [2.24, 2.45) is 0 Å². The van der Waals surface area contributed by atoms with Gasteiger partial charge in [-0.1, -0.05) is 37.3 Å². The molecule has 0 bridgehead atoms. The molecule has 1 fully saturated rings. The number of hydrogen-bond donors (Lipinski definition) is 1. The third-order valence-corrected chi connectivity index (χ3v) is 8.27. The molecule has 2 aromatic carbocycles. The molecule has 1 aliphatic heterocycles. The summed E-state index contributed by atoms with van der Waals surface area (Å²) >= 11 is 0. The highest BCUT2D eigenvalue weighted by Crippen LogP contribution is 2.17. The Morgan fingerprint density at radius 2 is 1.50 bits per heavy atom. The summed E-state index contributed by atoms with van der Waals surface area (Å²) in [6.07, 6.45) is 0. The molecule has 3 rings (SSSR count). The Labute approximate surface area is 177 Å². The third kappa shape index (κ3) is 5.25. The molecule has 30 heavy (non-hydrogen) atoms. The maximum absolute atomic E-state index is 12.7. The minimum atomic E-state index is -3.58. The highest BCUT2D eigenvalue weighted by atomic mass is 32.2. The van der Waals surface area contributed by atoms with Crippen molar-refractivity contribution in [1.82, 2.24) is 13.9 Å². The van der Waals surface area contributed by atoms with E-state index in [-0.39, 0.29) is 49.3 Å². The molecule has 1 aliphatic rings. The lowest BCUT2D eigenvalue weighted by atomic mass is 10.2. The third-order valence-electron chi connectivity index (χ3n) is 4.86. The van der Waals surface area contributed by atoms with Gasteiger partial charge in [0.15, 0.2) is 0 Å². The molecule has 0 aliphatic carbocycles. The average molecular weight is 452 g/mol. The summed E-state index contributed by atoms with van der Waals surface area (Å²) in [5, 5.41) is 0. The molecule has 2 aromatic rings. The number of piperazine rings is 1. The van der Waals surface area contributed by atoms with Crippen molar-refractivity contribution in [2.75, 3.05) is 32.7 Å². The van der Waals surface area contributed by atoms with E-state index in [1.54, 1.807) is 36.1 Å². The molecule has 1 heterocycles. The molecule has 1 N–H and O–H groups in total. The average Bonchev–Trinajstić information content (AvgIpc) is 2.74. The van der Waals surface area contributed by atoms with E-state index in [4.69, 9.17) is 0 Å². The van der Waals surface area contributed by atoms with Gasteiger partial charge in [0.25, 0.3) is 5.91 Å². The summed E-state index contributed by atoms with van der Waals surface area (Å²) in [6, 6.07) is 14.7. The van der Waals surface area contributed by atoms with Crippen LogP contribution in [0.2, 0.25) is 0 Å². The zero-order valence-electron chi connectivity index (χ0n) is 16.7. The lowest BCUT2D eigenvalue weighted by Crippen LogP contribution is -2.50. The Hall–Kier alpha value is -2.27. The standard InChI is InChI=1S/C20H25N3O5S2/c1-2-21-30(27,28)19-10-8-18(9-11-19)20(24)22-12-14-23(15-13-22)29(25,26)16-17-6-4-3-5-7-17/h3-11,21H,2,12-16H2,1H3. The fourth-order valence-corrected chi connectivity index (χ4v) is 5.84. The van der Waals surface area contributed by atoms with E-state index in [1.165, 1.54) is 28.6 Å². The number of rotatable bonds is 7. The minimum absolute atomic E-state index is 0.0660. The van der Waals surface area contributed by atoms with E-state index < -0.39 is 20.0 Å². The number of nitrogens with zero attached hydrogens (tertiary/aromatic N) is 2. The van der Waals surface area contributed by atoms with Gasteiger partial charge in [-0.3, -0.25) is 4.79 Å². The van der Waals surface area contributed by atoms with Gasteiger partial charge in [-0.25, -0.2) is 21.6 Å². The zero-order valence-corrected chi connectivity index (χ0v) is 18.3. The Morgan fingerprint density at radius 3 is 2.07 bits per heavy atom. The lowest BCUT2D eigenvalue weighted by Gasteiger charge is -2.34. The number of carbonyl (C=O) groups excluding carboxylic acids is 1. The van der Waals surface area contributed by atoms with Crippen molar-refractivity contribution in [2.45, 2.75) is 17.6 Å². The van der Waals surface area contributed by atoms with E-state index in [0.29, 0.717) is 5.56 Å². The van der Waals surface area contributed by atoms with E-state index >= 15 is 0 Å². The topological polar surface area (TPSA) is 104 Å². The van der Waals surface area contributed by atoms with Gasteiger partial charge in [0.2, 0.25) is 20.0 Å². The van der Waals surface area contributed by atoms with Gasteiger partial charge < -0.3 is 4.90 Å². The molecule has 162 valence electrons. The number of carbonyl (C=O) groups is 1. The Kier molecular flexibility index (Phi) is 6.91. The Balaban J connectivity index is 1.61. The number of hydrogen-bond acceptors (Lipinski definition) is 5. The van der Waals surface area contributed by atoms with Gasteiger partial charge in [-0.05, 0) is 29.8 Å². The van der Waals surface area contributed by atoms with Crippen molar-refractivity contribution in [3.8, 4) is 0 Å². The smallest absolute Gasteiger partial charge is 0.253 e. The largest absolute Gasteiger partial charge is 0.336 e. The maximum atomic E-state index is 12.7. The molecule has 0 unspecified atom stereocenters. The van der Waals surface area contributed by atoms with Crippen molar-refractivity contribution in [3.63, 3.8) is 0 Å². The lowest BCUT2D eigenvalue weighted by molar-refractivity contribution is 0.0697. The summed E-state index contributed by atoms with van der Waals surface area (Å²) in [6.45, 7) is 2.99. The number of benzene rings is 2. The summed E-state index contributed by atoms with van der Waals surface area (Å²) in [4.78, 5) is 14.4. The first-order chi connectivity index (χ1) is 14.2. The zero-order chi connectivity index (χ0) is 21.8. The number of amides is 1. The first kappa shape index (κ1) is 22.4. The van der Waals surface area contributed by atoms with Crippen LogP contribution in [0.1, 0.15) is 22.8 Å². The van der Waals surface area contributed by atoms with Crippen LogP contribution in [0, 0.1) is 0 Å². The Bertz CT molecular complexity index is 1080. The molecule has 10 heteroatoms. The van der Waals surface area contributed by atoms with Crippen molar-refractivity contribution in [1.29, 1.82) is 0 Å². The SMILES string of the molecule is CCNS(=O)(=O)c1ccc(C(=O)N2CCN(S(=O)(=O)Cc3ccccc3)CC2)cc1. The molecule has 0 atom stereocenters. The van der Waals surface area contributed by atoms with Crippen LogP contribution in [0.4, 0.5) is 0 Å². The van der Waals surface area contributed by atoms with Crippen molar-refractivity contribution in [3.05, 3.63) is 65.7 Å². The van der Waals surface area contributed by atoms with E-state index in [1.807, 2.05) is 6.07 Å². The van der Waals surface area contributed by atoms with Crippen LogP contribution in [-0.2, 0) is 25.8 Å². The van der Waals surface area contributed by atoms with E-state index in [0.717, 1.165) is 5.56 Å². The predicted octanol–water partition coefficient (Wildman–Crippen LogP) is 1.27. The second kappa shape index (κ2) is 9.25. The Morgan fingerprint density at radius 1 is 0.900 bits per heavy atom. The van der Waals surface area contributed by atoms with Gasteiger partial charge in [0, 0.05) is 38.3 Å². The van der Waals surface area contributed by atoms with Crippen molar-refractivity contribution >= 4 is 26.0 Å². The monoisotopic (exact) mass is 451 g/mol. The van der Waals surface area contributed by atoms with Crippen LogP contribution in [-0.4, -0.2) is 64.7 Å². The quantitative estimate of drug-likeness (QED) is 0.683. The summed E-state index contributed by atoms with van der Waals surface area (Å²) in [7, 11) is -7.03. The fourth-order valence-electron chi connectivity index (χ4n) is 3.28. The highest BCUT2D eigenvalue weighted by molar-refractivity contribution is 7.89. The second-order valence-corrected chi connectivity index (χ2v) is 10.7. The first-order valence-electron chi connectivity index (χ1n) is 9.64. The van der Waals surface area contributed by atoms with Crippen LogP contribution < -0.4 is 4.72 Å². The summed E-state index contributed by atoms with van der Waals surface area (Å²) < 4.78 is 53.1. The highest BCUT2D eigenvalue weighted by Gasteiger charge is 2.29. The van der Waals surface area contributed by atoms with Gasteiger partial charge in [0.05, 0.1) is 10.6 Å². The van der Waals surface area contributed by atoms with Crippen LogP contribution in [0.25, 0.3) is 0 Å². The van der Waals surface area contributed by atoms with Crippen LogP contribution in [0.15, 0.2) is 59.5 Å². The van der Waals surface area contributed by atoms with Gasteiger partial charge in [-0.15, -0.1) is 0 Å². The van der Waals surface area contributed by atoms with Crippen LogP contribution >= 0.6 is 0 Å². The number of sulfonamides is 2. The summed E-state index contributed by atoms with van der Waals surface area (Å²) in [5.74, 6) is -0.314. The molecule has 0 saturated carbocycles. The minimum Gasteiger partial charge on any atom is -0.336 e. The van der Waals surface area contributed by atoms with E-state index in [9.17, 15) is 21.6 Å². The van der Waals surface area contributed by atoms with E-state index in [2.05, 4.69) is 4.72 Å². The molecule has 0 radical (unpaired) electrons. The molecule has 1 saturated heterocycles. The van der Waals surface area contributed by atoms with Crippen LogP contribution in [0.3, 0.4) is 0 Å².